The predicted octanol–water partition coefficient (Wildman–Crippen LogP) is 4.26. The fourth-order valence-electron chi connectivity index (χ4n) is 2.43. The van der Waals surface area contributed by atoms with Crippen molar-refractivity contribution in [2.75, 3.05) is 0 Å². The summed E-state index contributed by atoms with van der Waals surface area (Å²) in [5, 5.41) is 9.73. The summed E-state index contributed by atoms with van der Waals surface area (Å²) in [6.07, 6.45) is 6.82. The molecule has 1 aromatic rings. The summed E-state index contributed by atoms with van der Waals surface area (Å²) in [6.45, 7) is 2.00. The van der Waals surface area contributed by atoms with Crippen LogP contribution in [-0.2, 0) is 5.75 Å². The Morgan fingerprint density at radius 3 is 2.67 bits per heavy atom. The van der Waals surface area contributed by atoms with Crippen LogP contribution in [0, 0.1) is 6.92 Å². The van der Waals surface area contributed by atoms with Crippen molar-refractivity contribution in [3.8, 4) is 0 Å². The van der Waals surface area contributed by atoms with Crippen molar-refractivity contribution in [2.24, 2.45) is 0 Å². The Morgan fingerprint density at radius 1 is 1.33 bits per heavy atom. The number of hydrogen-bond donors (Lipinski definition) is 1. The minimum absolute atomic E-state index is 0.388. The molecule has 2 nitrogen and oxygen atoms in total. The third-order valence-corrected chi connectivity index (χ3v) is 5.04. The first kappa shape index (κ1) is 13.5. The van der Waals surface area contributed by atoms with Crippen molar-refractivity contribution < 1.29 is 9.90 Å². The van der Waals surface area contributed by atoms with Crippen LogP contribution in [0.1, 0.15) is 53.6 Å². The first-order chi connectivity index (χ1) is 8.66. The molecule has 0 amide bonds. The predicted molar refractivity (Wildman–Crippen MR) is 76.3 cm³/mol. The fraction of sp³-hybridized carbons (Fsp3) is 0.533. The van der Waals surface area contributed by atoms with E-state index in [0.717, 1.165) is 16.6 Å². The van der Waals surface area contributed by atoms with Gasteiger partial charge in [-0.25, -0.2) is 4.79 Å². The molecule has 18 heavy (non-hydrogen) atoms. The van der Waals surface area contributed by atoms with Crippen LogP contribution in [0.5, 0.6) is 0 Å². The van der Waals surface area contributed by atoms with E-state index in [-0.39, 0.29) is 0 Å². The molecule has 0 bridgehead atoms. The van der Waals surface area contributed by atoms with Crippen molar-refractivity contribution in [3.63, 3.8) is 0 Å². The molecule has 0 heterocycles. The van der Waals surface area contributed by atoms with Crippen molar-refractivity contribution in [2.45, 2.75) is 50.0 Å². The lowest BCUT2D eigenvalue weighted by Gasteiger charge is -2.21. The van der Waals surface area contributed by atoms with Crippen molar-refractivity contribution in [3.05, 3.63) is 34.9 Å². The van der Waals surface area contributed by atoms with E-state index >= 15 is 0 Å². The number of thioether (sulfide) groups is 1. The van der Waals surface area contributed by atoms with Crippen LogP contribution >= 0.6 is 11.8 Å². The average molecular weight is 264 g/mol. The van der Waals surface area contributed by atoms with Crippen molar-refractivity contribution in [1.29, 1.82) is 0 Å². The van der Waals surface area contributed by atoms with Crippen LogP contribution in [0.15, 0.2) is 18.2 Å². The zero-order valence-electron chi connectivity index (χ0n) is 10.8. The molecule has 1 saturated carbocycles. The molecule has 0 radical (unpaired) electrons. The zero-order valence-corrected chi connectivity index (χ0v) is 11.6. The third kappa shape index (κ3) is 3.52. The second-order valence-electron chi connectivity index (χ2n) is 5.02. The number of hydrogen-bond acceptors (Lipinski definition) is 2. The van der Waals surface area contributed by atoms with Gasteiger partial charge in [-0.3, -0.25) is 0 Å². The van der Waals surface area contributed by atoms with Crippen LogP contribution < -0.4 is 0 Å². The van der Waals surface area contributed by atoms with E-state index in [1.807, 2.05) is 24.8 Å². The second-order valence-corrected chi connectivity index (χ2v) is 6.31. The summed E-state index contributed by atoms with van der Waals surface area (Å²) in [7, 11) is 0. The minimum Gasteiger partial charge on any atom is -0.478 e. The SMILES string of the molecule is Cc1cc(C(=O)O)ccc1CSC1CCCCC1. The monoisotopic (exact) mass is 264 g/mol. The van der Waals surface area contributed by atoms with Gasteiger partial charge in [0.05, 0.1) is 5.56 Å². The summed E-state index contributed by atoms with van der Waals surface area (Å²) in [5.74, 6) is 0.167. The van der Waals surface area contributed by atoms with E-state index in [0.29, 0.717) is 5.56 Å². The molecule has 0 saturated heterocycles. The van der Waals surface area contributed by atoms with Gasteiger partial charge in [0.15, 0.2) is 0 Å². The van der Waals surface area contributed by atoms with Crippen LogP contribution in [0.4, 0.5) is 0 Å². The summed E-state index contributed by atoms with van der Waals surface area (Å²) in [5.41, 5.74) is 2.76. The summed E-state index contributed by atoms with van der Waals surface area (Å²) >= 11 is 2.03. The lowest BCUT2D eigenvalue weighted by atomic mass is 10.0. The molecule has 0 spiro atoms. The Bertz CT molecular complexity index is 423. The molecule has 0 atom stereocenters. The summed E-state index contributed by atoms with van der Waals surface area (Å²) in [6, 6.07) is 5.46. The van der Waals surface area contributed by atoms with E-state index in [9.17, 15) is 4.79 Å². The maximum absolute atomic E-state index is 10.9. The van der Waals surface area contributed by atoms with Crippen LogP contribution in [0.2, 0.25) is 0 Å². The number of carboxylic acids is 1. The Hall–Kier alpha value is -0.960. The molecule has 98 valence electrons. The van der Waals surface area contributed by atoms with Crippen molar-refractivity contribution >= 4 is 17.7 Å². The van der Waals surface area contributed by atoms with Gasteiger partial charge in [0.1, 0.15) is 0 Å². The Kier molecular flexibility index (Phi) is 4.70. The smallest absolute Gasteiger partial charge is 0.335 e. The fourth-order valence-corrected chi connectivity index (χ4v) is 3.84. The highest BCUT2D eigenvalue weighted by atomic mass is 32.2. The molecule has 0 aromatic heterocycles. The van der Waals surface area contributed by atoms with Gasteiger partial charge in [-0.1, -0.05) is 25.3 Å². The lowest BCUT2D eigenvalue weighted by molar-refractivity contribution is 0.0697. The van der Waals surface area contributed by atoms with Gasteiger partial charge in [0.2, 0.25) is 0 Å². The number of rotatable bonds is 4. The number of aromatic carboxylic acids is 1. The molecule has 1 N–H and O–H groups in total. The van der Waals surface area contributed by atoms with Gasteiger partial charge < -0.3 is 5.11 Å². The molecule has 2 rings (SSSR count). The summed E-state index contributed by atoms with van der Waals surface area (Å²) < 4.78 is 0. The Balaban J connectivity index is 1.94. The van der Waals surface area contributed by atoms with Gasteiger partial charge >= 0.3 is 5.97 Å². The standard InChI is InChI=1S/C15H20O2S/c1-11-9-12(15(16)17)7-8-13(11)10-18-14-5-3-2-4-6-14/h7-9,14H,2-6,10H2,1H3,(H,16,17). The van der Waals surface area contributed by atoms with E-state index in [1.165, 1.54) is 37.7 Å². The molecule has 3 heteroatoms. The van der Waals surface area contributed by atoms with E-state index < -0.39 is 5.97 Å². The van der Waals surface area contributed by atoms with E-state index in [4.69, 9.17) is 5.11 Å². The number of benzene rings is 1. The Morgan fingerprint density at radius 2 is 2.06 bits per heavy atom. The number of carboxylic acid groups (broad SMARTS) is 1. The number of carbonyl (C=O) groups is 1. The van der Waals surface area contributed by atoms with Gasteiger partial charge in [0, 0.05) is 11.0 Å². The van der Waals surface area contributed by atoms with Gasteiger partial charge in [-0.05, 0) is 43.0 Å². The third-order valence-electron chi connectivity index (χ3n) is 3.62. The van der Waals surface area contributed by atoms with E-state index in [1.54, 1.807) is 12.1 Å². The summed E-state index contributed by atoms with van der Waals surface area (Å²) in [4.78, 5) is 10.9. The molecule has 0 unspecified atom stereocenters. The maximum atomic E-state index is 10.9. The number of aryl methyl sites for hydroxylation is 1. The molecular weight excluding hydrogens is 244 g/mol. The van der Waals surface area contributed by atoms with Gasteiger partial charge in [-0.2, -0.15) is 11.8 Å². The zero-order chi connectivity index (χ0) is 13.0. The minimum atomic E-state index is -0.843. The van der Waals surface area contributed by atoms with E-state index in [2.05, 4.69) is 0 Å². The van der Waals surface area contributed by atoms with Crippen LogP contribution in [0.25, 0.3) is 0 Å². The average Bonchev–Trinajstić information content (AvgIpc) is 2.38. The van der Waals surface area contributed by atoms with Crippen molar-refractivity contribution in [1.82, 2.24) is 0 Å². The maximum Gasteiger partial charge on any atom is 0.335 e. The lowest BCUT2D eigenvalue weighted by Crippen LogP contribution is -2.08. The highest BCUT2D eigenvalue weighted by molar-refractivity contribution is 7.99. The first-order valence-corrected chi connectivity index (χ1v) is 7.66. The topological polar surface area (TPSA) is 37.3 Å². The molecular formula is C15H20O2S. The second kappa shape index (κ2) is 6.28. The molecule has 1 aliphatic carbocycles. The molecule has 1 aromatic carbocycles. The Labute approximate surface area is 113 Å². The molecule has 0 aliphatic heterocycles. The van der Waals surface area contributed by atoms with Crippen LogP contribution in [0.3, 0.4) is 0 Å². The molecule has 1 fully saturated rings. The largest absolute Gasteiger partial charge is 0.478 e. The molecule has 1 aliphatic rings. The van der Waals surface area contributed by atoms with Crippen LogP contribution in [-0.4, -0.2) is 16.3 Å². The highest BCUT2D eigenvalue weighted by Gasteiger charge is 2.14. The first-order valence-electron chi connectivity index (χ1n) is 6.61. The van der Waals surface area contributed by atoms with Gasteiger partial charge in [-0.15, -0.1) is 0 Å². The quantitative estimate of drug-likeness (QED) is 0.883. The highest BCUT2D eigenvalue weighted by Crippen LogP contribution is 2.31. The normalized spacial score (nSPS) is 16.7. The van der Waals surface area contributed by atoms with Gasteiger partial charge in [0.25, 0.3) is 0 Å².